The van der Waals surface area contributed by atoms with E-state index in [1.54, 1.807) is 19.4 Å². The molecule has 0 saturated heterocycles. The van der Waals surface area contributed by atoms with E-state index in [4.69, 9.17) is 19.0 Å². The Balaban J connectivity index is 2.84. The van der Waals surface area contributed by atoms with Crippen LogP contribution in [0.15, 0.2) is 22.8 Å². The maximum atomic E-state index is 12.3. The van der Waals surface area contributed by atoms with Crippen LogP contribution >= 0.6 is 0 Å². The summed E-state index contributed by atoms with van der Waals surface area (Å²) in [7, 11) is 1.68. The highest BCUT2D eigenvalue weighted by Crippen LogP contribution is 2.29. The molecule has 2 atom stereocenters. The lowest BCUT2D eigenvalue weighted by atomic mass is 9.99. The van der Waals surface area contributed by atoms with Crippen molar-refractivity contribution < 1.29 is 23.8 Å². The number of aliphatic hydroxyl groups is 1. The summed E-state index contributed by atoms with van der Waals surface area (Å²) in [5, 5.41) is 8.80. The molecule has 1 rings (SSSR count). The van der Waals surface area contributed by atoms with Crippen LogP contribution in [0.2, 0.25) is 0 Å². The largest absolute Gasteiger partial charge is 0.467 e. The van der Waals surface area contributed by atoms with Crippen molar-refractivity contribution in [3.05, 3.63) is 24.2 Å². The van der Waals surface area contributed by atoms with Gasteiger partial charge in [0.25, 0.3) is 0 Å². The van der Waals surface area contributed by atoms with Gasteiger partial charge in [0.2, 0.25) is 0 Å². The van der Waals surface area contributed by atoms with Gasteiger partial charge in [-0.1, -0.05) is 6.92 Å². The van der Waals surface area contributed by atoms with Crippen LogP contribution in [0.25, 0.3) is 0 Å². The van der Waals surface area contributed by atoms with Gasteiger partial charge >= 0.3 is 6.09 Å². The van der Waals surface area contributed by atoms with Gasteiger partial charge in [0.05, 0.1) is 32.1 Å². The Morgan fingerprint density at radius 1 is 1.45 bits per heavy atom. The topological polar surface area (TPSA) is 72.1 Å². The molecule has 0 saturated carbocycles. The maximum Gasteiger partial charge on any atom is 0.410 e. The second kappa shape index (κ2) is 8.19. The molecular weight excluding hydrogens is 286 g/mol. The molecule has 126 valence electrons. The number of amides is 1. The van der Waals surface area contributed by atoms with E-state index in [9.17, 15) is 4.79 Å². The van der Waals surface area contributed by atoms with Gasteiger partial charge in [-0.15, -0.1) is 0 Å². The van der Waals surface area contributed by atoms with Gasteiger partial charge in [0, 0.05) is 13.0 Å². The molecule has 0 radical (unpaired) electrons. The highest BCUT2D eigenvalue weighted by molar-refractivity contribution is 5.68. The Morgan fingerprint density at radius 3 is 2.64 bits per heavy atom. The Bertz CT molecular complexity index is 438. The number of carbonyl (C=O) groups is 1. The molecule has 1 aromatic heterocycles. The van der Waals surface area contributed by atoms with Crippen LogP contribution in [0.1, 0.15) is 39.5 Å². The third kappa shape index (κ3) is 5.69. The minimum atomic E-state index is -0.560. The molecule has 0 spiro atoms. The predicted molar refractivity (Wildman–Crippen MR) is 82.5 cm³/mol. The molecule has 6 nitrogen and oxygen atoms in total. The molecule has 0 fully saturated rings. The van der Waals surface area contributed by atoms with Crippen LogP contribution in [-0.2, 0) is 9.47 Å². The molecule has 2 unspecified atom stereocenters. The number of hydrogen-bond acceptors (Lipinski definition) is 5. The van der Waals surface area contributed by atoms with Gasteiger partial charge < -0.3 is 23.9 Å². The second-order valence-electron chi connectivity index (χ2n) is 6.33. The second-order valence-corrected chi connectivity index (χ2v) is 6.33. The highest BCUT2D eigenvalue weighted by atomic mass is 16.6. The number of furan rings is 1. The summed E-state index contributed by atoms with van der Waals surface area (Å²) in [6.45, 7) is 8.09. The Labute approximate surface area is 132 Å². The van der Waals surface area contributed by atoms with Gasteiger partial charge in [-0.05, 0) is 32.9 Å². The van der Waals surface area contributed by atoms with E-state index >= 15 is 0 Å². The molecule has 1 heterocycles. The number of rotatable bonds is 7. The Morgan fingerprint density at radius 2 is 2.14 bits per heavy atom. The third-order valence-corrected chi connectivity index (χ3v) is 3.09. The summed E-state index contributed by atoms with van der Waals surface area (Å²) in [6.07, 6.45) is 1.16. The van der Waals surface area contributed by atoms with E-state index in [1.165, 1.54) is 4.90 Å². The van der Waals surface area contributed by atoms with E-state index in [0.717, 1.165) is 0 Å². The molecule has 0 aliphatic carbocycles. The minimum absolute atomic E-state index is 0.0183. The number of nitrogens with zero attached hydrogens (tertiary/aromatic N) is 1. The van der Waals surface area contributed by atoms with Gasteiger partial charge in [-0.25, -0.2) is 4.79 Å². The Hall–Kier alpha value is -1.53. The first-order valence-corrected chi connectivity index (χ1v) is 7.44. The van der Waals surface area contributed by atoms with Crippen LogP contribution in [0.5, 0.6) is 0 Å². The first-order valence-electron chi connectivity index (χ1n) is 7.44. The molecule has 0 aliphatic heterocycles. The van der Waals surface area contributed by atoms with Crippen molar-refractivity contribution in [2.75, 3.05) is 26.9 Å². The van der Waals surface area contributed by atoms with Gasteiger partial charge in [0.15, 0.2) is 0 Å². The van der Waals surface area contributed by atoms with Crippen molar-refractivity contribution in [1.82, 2.24) is 4.90 Å². The lowest BCUT2D eigenvalue weighted by Gasteiger charge is -2.33. The lowest BCUT2D eigenvalue weighted by Crippen LogP contribution is -2.39. The zero-order valence-corrected chi connectivity index (χ0v) is 14.0. The van der Waals surface area contributed by atoms with Crippen LogP contribution in [0, 0.1) is 5.92 Å². The molecule has 6 heteroatoms. The average molecular weight is 313 g/mol. The summed E-state index contributed by atoms with van der Waals surface area (Å²) in [6, 6.07) is 3.31. The number of ether oxygens (including phenoxy) is 2. The van der Waals surface area contributed by atoms with Crippen LogP contribution < -0.4 is 0 Å². The van der Waals surface area contributed by atoms with Gasteiger partial charge in [0.1, 0.15) is 11.4 Å². The van der Waals surface area contributed by atoms with Crippen LogP contribution in [0.3, 0.4) is 0 Å². The molecule has 1 aromatic rings. The number of aliphatic hydroxyl groups excluding tert-OH is 1. The van der Waals surface area contributed by atoms with Crippen molar-refractivity contribution in [1.29, 1.82) is 0 Å². The third-order valence-electron chi connectivity index (χ3n) is 3.09. The van der Waals surface area contributed by atoms with Crippen molar-refractivity contribution >= 4 is 6.09 Å². The number of hydrogen-bond donors (Lipinski definition) is 1. The molecule has 1 N–H and O–H groups in total. The predicted octanol–water partition coefficient (Wildman–Crippen LogP) is 2.83. The zero-order valence-electron chi connectivity index (χ0n) is 14.0. The van der Waals surface area contributed by atoms with Gasteiger partial charge in [-0.3, -0.25) is 0 Å². The molecule has 1 amide bonds. The van der Waals surface area contributed by atoms with E-state index in [0.29, 0.717) is 12.4 Å². The summed E-state index contributed by atoms with van der Waals surface area (Å²) in [5.74, 6) is 0.656. The summed E-state index contributed by atoms with van der Waals surface area (Å²) in [4.78, 5) is 13.8. The SMILES string of the molecule is CC(COCCO)C(c1ccco1)N(C)C(=O)OC(C)(C)C. The zero-order chi connectivity index (χ0) is 16.8. The molecule has 22 heavy (non-hydrogen) atoms. The van der Waals surface area contributed by atoms with Crippen LogP contribution in [-0.4, -0.2) is 48.6 Å². The van der Waals surface area contributed by atoms with E-state index in [1.807, 2.05) is 33.8 Å². The van der Waals surface area contributed by atoms with Crippen molar-refractivity contribution in [2.45, 2.75) is 39.3 Å². The van der Waals surface area contributed by atoms with Crippen molar-refractivity contribution in [3.8, 4) is 0 Å². The first-order chi connectivity index (χ1) is 10.3. The first kappa shape index (κ1) is 18.5. The fraction of sp³-hybridized carbons (Fsp3) is 0.688. The minimum Gasteiger partial charge on any atom is -0.467 e. The van der Waals surface area contributed by atoms with Crippen molar-refractivity contribution in [3.63, 3.8) is 0 Å². The highest BCUT2D eigenvalue weighted by Gasteiger charge is 2.32. The summed E-state index contributed by atoms with van der Waals surface area (Å²) >= 11 is 0. The summed E-state index contributed by atoms with van der Waals surface area (Å²) < 4.78 is 16.3. The fourth-order valence-corrected chi connectivity index (χ4v) is 2.18. The quantitative estimate of drug-likeness (QED) is 0.784. The molecule has 0 bridgehead atoms. The fourth-order valence-electron chi connectivity index (χ4n) is 2.18. The normalized spacial score (nSPS) is 14.5. The standard InChI is InChI=1S/C16H27NO5/c1-12(11-20-10-8-18)14(13-7-6-9-21-13)17(5)15(19)22-16(2,3)4/h6-7,9,12,14,18H,8,10-11H2,1-5H3. The maximum absolute atomic E-state index is 12.3. The average Bonchev–Trinajstić information content (AvgIpc) is 2.91. The van der Waals surface area contributed by atoms with E-state index < -0.39 is 11.7 Å². The Kier molecular flexibility index (Phi) is 6.90. The monoisotopic (exact) mass is 313 g/mol. The van der Waals surface area contributed by atoms with E-state index in [2.05, 4.69) is 0 Å². The van der Waals surface area contributed by atoms with Gasteiger partial charge in [-0.2, -0.15) is 0 Å². The summed E-state index contributed by atoms with van der Waals surface area (Å²) in [5.41, 5.74) is -0.560. The van der Waals surface area contributed by atoms with Crippen LogP contribution in [0.4, 0.5) is 4.79 Å². The van der Waals surface area contributed by atoms with E-state index in [-0.39, 0.29) is 25.2 Å². The smallest absolute Gasteiger partial charge is 0.410 e. The molecule has 0 aromatic carbocycles. The molecule has 0 aliphatic rings. The lowest BCUT2D eigenvalue weighted by molar-refractivity contribution is 0.00164. The van der Waals surface area contributed by atoms with Crippen molar-refractivity contribution in [2.24, 2.45) is 5.92 Å². The molecular formula is C16H27NO5. The number of carbonyl (C=O) groups excluding carboxylic acids is 1.